The fraction of sp³-hybridized carbons (Fsp3) is 0.538. The highest BCUT2D eigenvalue weighted by Gasteiger charge is 2.34. The smallest absolute Gasteiger partial charge is 0.144 e. The summed E-state index contributed by atoms with van der Waals surface area (Å²) in [6, 6.07) is 2.69. The van der Waals surface area contributed by atoms with Crippen LogP contribution in [0.4, 0.5) is 8.78 Å². The summed E-state index contributed by atoms with van der Waals surface area (Å²) < 4.78 is 27.6. The summed E-state index contributed by atoms with van der Waals surface area (Å²) in [6.45, 7) is 2.37. The molecule has 0 aromatic heterocycles. The molecule has 17 heavy (non-hydrogen) atoms. The van der Waals surface area contributed by atoms with E-state index in [9.17, 15) is 8.78 Å². The van der Waals surface area contributed by atoms with Gasteiger partial charge < -0.3 is 5.32 Å². The van der Waals surface area contributed by atoms with Crippen LogP contribution in [0.25, 0.3) is 0 Å². The SMILES string of the molecule is CCC1(NCc2c(F)ccc(Br)c2F)CCC1. The highest BCUT2D eigenvalue weighted by Crippen LogP contribution is 2.35. The molecule has 1 saturated carbocycles. The van der Waals surface area contributed by atoms with Gasteiger partial charge in [-0.15, -0.1) is 0 Å². The van der Waals surface area contributed by atoms with Gasteiger partial charge in [-0.2, -0.15) is 0 Å². The predicted octanol–water partition coefficient (Wildman–Crippen LogP) is 4.15. The van der Waals surface area contributed by atoms with E-state index in [4.69, 9.17) is 0 Å². The van der Waals surface area contributed by atoms with Crippen molar-refractivity contribution in [3.63, 3.8) is 0 Å². The van der Waals surface area contributed by atoms with E-state index in [-0.39, 0.29) is 17.6 Å². The van der Waals surface area contributed by atoms with Crippen LogP contribution >= 0.6 is 15.9 Å². The molecule has 1 aromatic carbocycles. The van der Waals surface area contributed by atoms with E-state index in [1.165, 1.54) is 18.6 Å². The molecule has 0 aliphatic heterocycles. The molecule has 4 heteroatoms. The molecule has 1 aliphatic carbocycles. The van der Waals surface area contributed by atoms with E-state index in [1.54, 1.807) is 0 Å². The van der Waals surface area contributed by atoms with Crippen molar-refractivity contribution in [2.75, 3.05) is 0 Å². The average Bonchev–Trinajstić information content (AvgIpc) is 2.27. The Labute approximate surface area is 109 Å². The normalized spacial score (nSPS) is 17.9. The van der Waals surface area contributed by atoms with Crippen molar-refractivity contribution >= 4 is 15.9 Å². The van der Waals surface area contributed by atoms with Gasteiger partial charge in [-0.25, -0.2) is 8.78 Å². The van der Waals surface area contributed by atoms with Crippen LogP contribution in [0.15, 0.2) is 16.6 Å². The van der Waals surface area contributed by atoms with Crippen LogP contribution in [-0.2, 0) is 6.54 Å². The molecule has 0 unspecified atom stereocenters. The Morgan fingerprint density at radius 2 is 2.06 bits per heavy atom. The zero-order valence-corrected chi connectivity index (χ0v) is 11.4. The number of hydrogen-bond donors (Lipinski definition) is 1. The lowest BCUT2D eigenvalue weighted by molar-refractivity contribution is 0.174. The van der Waals surface area contributed by atoms with Crippen LogP contribution in [0, 0.1) is 11.6 Å². The summed E-state index contributed by atoms with van der Waals surface area (Å²) in [5.74, 6) is -0.980. The molecule has 1 fully saturated rings. The predicted molar refractivity (Wildman–Crippen MR) is 67.8 cm³/mol. The summed E-state index contributed by atoms with van der Waals surface area (Å²) in [5.41, 5.74) is 0.223. The minimum Gasteiger partial charge on any atom is -0.307 e. The van der Waals surface area contributed by atoms with Gasteiger partial charge in [0.25, 0.3) is 0 Å². The Morgan fingerprint density at radius 1 is 1.35 bits per heavy atom. The second kappa shape index (κ2) is 5.02. The second-order valence-corrected chi connectivity index (χ2v) is 5.52. The van der Waals surface area contributed by atoms with E-state index in [0.29, 0.717) is 4.47 Å². The lowest BCUT2D eigenvalue weighted by Crippen LogP contribution is -2.50. The van der Waals surface area contributed by atoms with Crippen LogP contribution in [-0.4, -0.2) is 5.54 Å². The fourth-order valence-electron chi connectivity index (χ4n) is 2.27. The molecule has 1 aromatic rings. The molecule has 0 heterocycles. The van der Waals surface area contributed by atoms with Gasteiger partial charge in [0.05, 0.1) is 4.47 Å². The number of nitrogens with one attached hydrogen (secondary N) is 1. The van der Waals surface area contributed by atoms with Crippen molar-refractivity contribution in [2.45, 2.75) is 44.7 Å². The van der Waals surface area contributed by atoms with Gasteiger partial charge in [0, 0.05) is 17.6 Å². The first-order chi connectivity index (χ1) is 8.08. The first-order valence-electron chi connectivity index (χ1n) is 5.95. The molecule has 0 atom stereocenters. The lowest BCUT2D eigenvalue weighted by atomic mass is 9.75. The molecule has 94 valence electrons. The molecule has 0 radical (unpaired) electrons. The van der Waals surface area contributed by atoms with Crippen molar-refractivity contribution in [2.24, 2.45) is 0 Å². The molecule has 1 nitrogen and oxygen atoms in total. The van der Waals surface area contributed by atoms with Gasteiger partial charge in [0.1, 0.15) is 11.6 Å². The van der Waals surface area contributed by atoms with Crippen LogP contribution in [0.1, 0.15) is 38.2 Å². The number of halogens is 3. The number of hydrogen-bond acceptors (Lipinski definition) is 1. The van der Waals surface area contributed by atoms with Gasteiger partial charge in [-0.1, -0.05) is 6.92 Å². The molecule has 1 aliphatic rings. The molecule has 0 bridgehead atoms. The standard InChI is InChI=1S/C13H16BrF2N/c1-2-13(6-3-7-13)17-8-9-11(15)5-4-10(14)12(9)16/h4-5,17H,2-3,6-8H2,1H3. The fourth-order valence-corrected chi connectivity index (χ4v) is 2.64. The van der Waals surface area contributed by atoms with Crippen LogP contribution in [0.3, 0.4) is 0 Å². The zero-order chi connectivity index (χ0) is 12.5. The Hall–Kier alpha value is -0.480. The van der Waals surface area contributed by atoms with Gasteiger partial charge in [-0.3, -0.25) is 0 Å². The Bertz CT molecular complexity index is 411. The molecular formula is C13H16BrF2N. The Morgan fingerprint density at radius 3 is 2.59 bits per heavy atom. The molecule has 2 rings (SSSR count). The third kappa shape index (κ3) is 2.52. The van der Waals surface area contributed by atoms with E-state index in [0.717, 1.165) is 19.3 Å². The first-order valence-corrected chi connectivity index (χ1v) is 6.75. The second-order valence-electron chi connectivity index (χ2n) is 4.66. The van der Waals surface area contributed by atoms with Crippen molar-refractivity contribution < 1.29 is 8.78 Å². The quantitative estimate of drug-likeness (QED) is 0.824. The Balaban J connectivity index is 2.11. The molecule has 0 amide bonds. The van der Waals surface area contributed by atoms with Crippen LogP contribution < -0.4 is 5.32 Å². The number of benzene rings is 1. The van der Waals surface area contributed by atoms with Gasteiger partial charge >= 0.3 is 0 Å². The van der Waals surface area contributed by atoms with Gasteiger partial charge in [-0.05, 0) is 53.7 Å². The average molecular weight is 304 g/mol. The third-order valence-electron chi connectivity index (χ3n) is 3.77. The monoisotopic (exact) mass is 303 g/mol. The molecule has 0 saturated heterocycles. The number of rotatable bonds is 4. The van der Waals surface area contributed by atoms with Crippen molar-refractivity contribution in [1.29, 1.82) is 0 Å². The molecular weight excluding hydrogens is 288 g/mol. The molecule has 1 N–H and O–H groups in total. The summed E-state index contributed by atoms with van der Waals surface area (Å²) in [7, 11) is 0. The van der Waals surface area contributed by atoms with Crippen molar-refractivity contribution in [3.05, 3.63) is 33.8 Å². The maximum absolute atomic E-state index is 13.7. The Kier molecular flexibility index (Phi) is 3.83. The molecule has 0 spiro atoms. The van der Waals surface area contributed by atoms with Crippen molar-refractivity contribution in [3.8, 4) is 0 Å². The van der Waals surface area contributed by atoms with Crippen LogP contribution in [0.5, 0.6) is 0 Å². The van der Waals surface area contributed by atoms with Gasteiger partial charge in [0.15, 0.2) is 0 Å². The zero-order valence-electron chi connectivity index (χ0n) is 9.82. The summed E-state index contributed by atoms with van der Waals surface area (Å²) in [4.78, 5) is 0. The maximum atomic E-state index is 13.7. The van der Waals surface area contributed by atoms with E-state index >= 15 is 0 Å². The lowest BCUT2D eigenvalue weighted by Gasteiger charge is -2.42. The van der Waals surface area contributed by atoms with Crippen molar-refractivity contribution in [1.82, 2.24) is 5.32 Å². The van der Waals surface area contributed by atoms with E-state index in [1.807, 2.05) is 0 Å². The van der Waals surface area contributed by atoms with E-state index < -0.39 is 11.6 Å². The summed E-state index contributed by atoms with van der Waals surface area (Å²) in [5, 5.41) is 3.31. The maximum Gasteiger partial charge on any atom is 0.144 e. The van der Waals surface area contributed by atoms with Gasteiger partial charge in [0.2, 0.25) is 0 Å². The highest BCUT2D eigenvalue weighted by molar-refractivity contribution is 9.10. The summed E-state index contributed by atoms with van der Waals surface area (Å²) >= 11 is 3.08. The minimum absolute atomic E-state index is 0.0984. The topological polar surface area (TPSA) is 12.0 Å². The third-order valence-corrected chi connectivity index (χ3v) is 4.38. The largest absolute Gasteiger partial charge is 0.307 e. The minimum atomic E-state index is -0.497. The van der Waals surface area contributed by atoms with E-state index in [2.05, 4.69) is 28.2 Å². The first kappa shape index (κ1) is 13.0. The highest BCUT2D eigenvalue weighted by atomic mass is 79.9. The summed E-state index contributed by atoms with van der Waals surface area (Å²) in [6.07, 6.45) is 4.40. The van der Waals surface area contributed by atoms with Crippen LogP contribution in [0.2, 0.25) is 0 Å².